The van der Waals surface area contributed by atoms with Crippen molar-refractivity contribution in [2.24, 2.45) is 0 Å². The van der Waals surface area contributed by atoms with Crippen molar-refractivity contribution in [3.63, 3.8) is 0 Å². The zero-order chi connectivity index (χ0) is 12.3. The standard InChI is InChI=1S/C15H21N3/c1-10-9-17(2)14-5-3-4-11-12-8-16-7-6-13(12)18(10)15(11)14/h3-5,10,12-13,16H,6-9H2,1-2H3/t10?,12-,13-/m0/s1. The van der Waals surface area contributed by atoms with Crippen LogP contribution in [0.4, 0.5) is 11.4 Å². The van der Waals surface area contributed by atoms with Gasteiger partial charge >= 0.3 is 0 Å². The van der Waals surface area contributed by atoms with Crippen LogP contribution in [0.25, 0.3) is 0 Å². The van der Waals surface area contributed by atoms with E-state index in [-0.39, 0.29) is 0 Å². The van der Waals surface area contributed by atoms with Crippen molar-refractivity contribution in [2.45, 2.75) is 31.3 Å². The Hall–Kier alpha value is -1.22. The average molecular weight is 243 g/mol. The van der Waals surface area contributed by atoms with Crippen LogP contribution in [0.1, 0.15) is 24.8 Å². The monoisotopic (exact) mass is 243 g/mol. The van der Waals surface area contributed by atoms with Crippen LogP contribution in [0.2, 0.25) is 0 Å². The first-order valence-electron chi connectivity index (χ1n) is 7.10. The number of nitrogens with zero attached hydrogens (tertiary/aromatic N) is 2. The minimum atomic E-state index is 0.636. The number of anilines is 2. The summed E-state index contributed by atoms with van der Waals surface area (Å²) in [5, 5.41) is 3.57. The number of benzene rings is 1. The second-order valence-corrected chi connectivity index (χ2v) is 6.02. The third kappa shape index (κ3) is 1.23. The van der Waals surface area contributed by atoms with Gasteiger partial charge in [0.05, 0.1) is 11.4 Å². The van der Waals surface area contributed by atoms with Gasteiger partial charge in [-0.2, -0.15) is 0 Å². The van der Waals surface area contributed by atoms with Gasteiger partial charge in [0.1, 0.15) is 0 Å². The van der Waals surface area contributed by atoms with Gasteiger partial charge in [-0.1, -0.05) is 12.1 Å². The molecule has 0 radical (unpaired) electrons. The lowest BCUT2D eigenvalue weighted by Crippen LogP contribution is -2.52. The lowest BCUT2D eigenvalue weighted by atomic mass is 9.90. The normalized spacial score (nSPS) is 33.3. The highest BCUT2D eigenvalue weighted by Crippen LogP contribution is 2.50. The van der Waals surface area contributed by atoms with E-state index in [2.05, 4.69) is 47.3 Å². The maximum atomic E-state index is 3.57. The fraction of sp³-hybridized carbons (Fsp3) is 0.600. The minimum Gasteiger partial charge on any atom is -0.371 e. The molecule has 1 N–H and O–H groups in total. The predicted molar refractivity (Wildman–Crippen MR) is 75.7 cm³/mol. The summed E-state index contributed by atoms with van der Waals surface area (Å²) >= 11 is 0. The molecule has 18 heavy (non-hydrogen) atoms. The quantitative estimate of drug-likeness (QED) is 0.749. The Morgan fingerprint density at radius 3 is 3.11 bits per heavy atom. The summed E-state index contributed by atoms with van der Waals surface area (Å²) in [4.78, 5) is 5.14. The molecule has 3 heterocycles. The van der Waals surface area contributed by atoms with Crippen LogP contribution in [-0.4, -0.2) is 38.8 Å². The molecule has 96 valence electrons. The van der Waals surface area contributed by atoms with Crippen LogP contribution in [0.15, 0.2) is 18.2 Å². The summed E-state index contributed by atoms with van der Waals surface area (Å²) in [6, 6.07) is 8.22. The first kappa shape index (κ1) is 10.7. The second-order valence-electron chi connectivity index (χ2n) is 6.02. The number of para-hydroxylation sites is 1. The van der Waals surface area contributed by atoms with Crippen LogP contribution in [0.5, 0.6) is 0 Å². The zero-order valence-electron chi connectivity index (χ0n) is 11.2. The van der Waals surface area contributed by atoms with Crippen molar-refractivity contribution in [1.82, 2.24) is 5.32 Å². The Morgan fingerprint density at radius 1 is 1.33 bits per heavy atom. The van der Waals surface area contributed by atoms with E-state index in [1.807, 2.05) is 0 Å². The summed E-state index contributed by atoms with van der Waals surface area (Å²) in [7, 11) is 2.23. The van der Waals surface area contributed by atoms with Gasteiger partial charge in [0, 0.05) is 38.1 Å². The van der Waals surface area contributed by atoms with E-state index < -0.39 is 0 Å². The van der Waals surface area contributed by atoms with E-state index in [4.69, 9.17) is 0 Å². The van der Waals surface area contributed by atoms with Crippen molar-refractivity contribution in [1.29, 1.82) is 0 Å². The molecule has 0 amide bonds. The van der Waals surface area contributed by atoms with Crippen molar-refractivity contribution in [3.8, 4) is 0 Å². The summed E-state index contributed by atoms with van der Waals surface area (Å²) in [5.74, 6) is 0.697. The SMILES string of the molecule is CC1CN(C)c2cccc3c2N1[C@H]1CCNC[C@@H]31. The van der Waals surface area contributed by atoms with Gasteiger partial charge in [-0.15, -0.1) is 0 Å². The highest BCUT2D eigenvalue weighted by atomic mass is 15.3. The molecule has 0 spiro atoms. The van der Waals surface area contributed by atoms with E-state index in [0.717, 1.165) is 19.1 Å². The maximum Gasteiger partial charge on any atom is 0.0646 e. The molecule has 0 bridgehead atoms. The molecule has 1 aromatic rings. The van der Waals surface area contributed by atoms with Crippen molar-refractivity contribution in [3.05, 3.63) is 23.8 Å². The summed E-state index contributed by atoms with van der Waals surface area (Å²) in [6.45, 7) is 5.84. The molecule has 3 nitrogen and oxygen atoms in total. The Morgan fingerprint density at radius 2 is 2.22 bits per heavy atom. The molecule has 1 saturated heterocycles. The van der Waals surface area contributed by atoms with Crippen molar-refractivity contribution in [2.75, 3.05) is 36.5 Å². The molecule has 3 atom stereocenters. The lowest BCUT2D eigenvalue weighted by Gasteiger charge is -2.44. The van der Waals surface area contributed by atoms with E-state index in [0.29, 0.717) is 12.0 Å². The molecule has 0 aliphatic carbocycles. The highest BCUT2D eigenvalue weighted by Gasteiger charge is 2.45. The van der Waals surface area contributed by atoms with Gasteiger partial charge in [-0.25, -0.2) is 0 Å². The first-order valence-corrected chi connectivity index (χ1v) is 7.10. The Balaban J connectivity index is 1.91. The molecular formula is C15H21N3. The number of fused-ring (bicyclic) bond motifs is 3. The number of hydrogen-bond acceptors (Lipinski definition) is 3. The third-order valence-corrected chi connectivity index (χ3v) is 4.93. The molecule has 1 unspecified atom stereocenters. The second kappa shape index (κ2) is 3.64. The predicted octanol–water partition coefficient (Wildman–Crippen LogP) is 1.79. The topological polar surface area (TPSA) is 18.5 Å². The average Bonchev–Trinajstić information content (AvgIpc) is 2.72. The summed E-state index contributed by atoms with van der Waals surface area (Å²) < 4.78 is 0. The Kier molecular flexibility index (Phi) is 2.16. The molecular weight excluding hydrogens is 222 g/mol. The van der Waals surface area contributed by atoms with E-state index in [1.54, 1.807) is 5.56 Å². The Labute approximate surface area is 109 Å². The van der Waals surface area contributed by atoms with Gasteiger partial charge in [0.25, 0.3) is 0 Å². The van der Waals surface area contributed by atoms with Gasteiger partial charge in [-0.3, -0.25) is 0 Å². The molecule has 1 aromatic carbocycles. The van der Waals surface area contributed by atoms with Gasteiger partial charge < -0.3 is 15.1 Å². The van der Waals surface area contributed by atoms with Crippen LogP contribution < -0.4 is 15.1 Å². The lowest BCUT2D eigenvalue weighted by molar-refractivity contribution is 0.384. The van der Waals surface area contributed by atoms with Crippen LogP contribution in [0, 0.1) is 0 Å². The van der Waals surface area contributed by atoms with Crippen LogP contribution in [-0.2, 0) is 0 Å². The van der Waals surface area contributed by atoms with Crippen LogP contribution >= 0.6 is 0 Å². The molecule has 4 rings (SSSR count). The largest absolute Gasteiger partial charge is 0.371 e. The number of hydrogen-bond donors (Lipinski definition) is 1. The fourth-order valence-electron chi connectivity index (χ4n) is 4.23. The minimum absolute atomic E-state index is 0.636. The molecule has 3 aliphatic heterocycles. The zero-order valence-corrected chi connectivity index (χ0v) is 11.2. The molecule has 0 aromatic heterocycles. The molecule has 1 fully saturated rings. The number of piperidine rings is 1. The van der Waals surface area contributed by atoms with E-state index in [9.17, 15) is 0 Å². The van der Waals surface area contributed by atoms with Crippen LogP contribution in [0.3, 0.4) is 0 Å². The van der Waals surface area contributed by atoms with Gasteiger partial charge in [0.15, 0.2) is 0 Å². The summed E-state index contributed by atoms with van der Waals surface area (Å²) in [6.07, 6.45) is 1.28. The van der Waals surface area contributed by atoms with Gasteiger partial charge in [0.2, 0.25) is 0 Å². The molecule has 0 saturated carbocycles. The fourth-order valence-corrected chi connectivity index (χ4v) is 4.23. The van der Waals surface area contributed by atoms with Gasteiger partial charge in [-0.05, 0) is 31.5 Å². The third-order valence-electron chi connectivity index (χ3n) is 4.93. The number of likely N-dealkylation sites (N-methyl/N-ethyl adjacent to an activating group) is 1. The Bertz CT molecular complexity index is 485. The van der Waals surface area contributed by atoms with Crippen molar-refractivity contribution < 1.29 is 0 Å². The number of rotatable bonds is 0. The first-order chi connectivity index (χ1) is 8.77. The van der Waals surface area contributed by atoms with E-state index in [1.165, 1.54) is 24.3 Å². The molecule has 3 aliphatic rings. The maximum absolute atomic E-state index is 3.57. The summed E-state index contributed by atoms with van der Waals surface area (Å²) in [5.41, 5.74) is 4.53. The number of nitrogens with one attached hydrogen (secondary N) is 1. The van der Waals surface area contributed by atoms with E-state index >= 15 is 0 Å². The van der Waals surface area contributed by atoms with Crippen molar-refractivity contribution >= 4 is 11.4 Å². The molecule has 3 heteroatoms. The smallest absolute Gasteiger partial charge is 0.0646 e. The highest BCUT2D eigenvalue weighted by molar-refractivity contribution is 5.81.